The number of allylic oxidation sites excluding steroid dienone is 10. The van der Waals surface area contributed by atoms with E-state index in [0.29, 0.717) is 19.3 Å². The van der Waals surface area contributed by atoms with Crippen LogP contribution in [0.15, 0.2) is 60.8 Å². The number of ether oxygens (including phenoxy) is 3. The van der Waals surface area contributed by atoms with Gasteiger partial charge in [0.2, 0.25) is 0 Å². The van der Waals surface area contributed by atoms with Crippen LogP contribution in [0.5, 0.6) is 0 Å². The Morgan fingerprint density at radius 3 is 0.877 bits per heavy atom. The van der Waals surface area contributed by atoms with E-state index in [-0.39, 0.29) is 31.1 Å². The molecule has 0 N–H and O–H groups in total. The molecule has 0 rings (SSSR count). The Bertz CT molecular complexity index is 1310. The fourth-order valence-corrected chi connectivity index (χ4v) is 9.25. The molecule has 0 saturated heterocycles. The van der Waals surface area contributed by atoms with Gasteiger partial charge >= 0.3 is 17.9 Å². The lowest BCUT2D eigenvalue weighted by Gasteiger charge is -2.18. The van der Waals surface area contributed by atoms with Gasteiger partial charge in [-0.2, -0.15) is 0 Å². The van der Waals surface area contributed by atoms with Gasteiger partial charge in [-0.15, -0.1) is 0 Å². The molecular formula is C67H120O6. The second kappa shape index (κ2) is 61.7. The van der Waals surface area contributed by atoms with Crippen molar-refractivity contribution in [3.63, 3.8) is 0 Å². The molecule has 1 unspecified atom stereocenters. The van der Waals surface area contributed by atoms with Gasteiger partial charge < -0.3 is 14.2 Å². The summed E-state index contributed by atoms with van der Waals surface area (Å²) in [5.74, 6) is -0.887. The SMILES string of the molecule is CC/C=C\C/C=C\C/C=C\C/C=C\CCCCCCCCC(=O)OC(COC(=O)CCCCCCC/C=C\CCCCC)COC(=O)CCCCCCCCCCCCCCCCCCCCCCCCCC. The summed E-state index contributed by atoms with van der Waals surface area (Å²) < 4.78 is 16.9. The van der Waals surface area contributed by atoms with Gasteiger partial charge in [0.05, 0.1) is 0 Å². The first-order chi connectivity index (χ1) is 36.0. The topological polar surface area (TPSA) is 78.9 Å². The van der Waals surface area contributed by atoms with Crippen molar-refractivity contribution in [2.24, 2.45) is 0 Å². The number of hydrogen-bond donors (Lipinski definition) is 0. The first kappa shape index (κ1) is 70.1. The van der Waals surface area contributed by atoms with Crippen LogP contribution in [-0.2, 0) is 28.6 Å². The molecule has 0 saturated carbocycles. The quantitative estimate of drug-likeness (QED) is 0.0261. The monoisotopic (exact) mass is 1020 g/mol. The third-order valence-corrected chi connectivity index (χ3v) is 14.0. The summed E-state index contributed by atoms with van der Waals surface area (Å²) in [5, 5.41) is 0. The van der Waals surface area contributed by atoms with Crippen LogP contribution in [0.3, 0.4) is 0 Å². The highest BCUT2D eigenvalue weighted by Crippen LogP contribution is 2.17. The number of rotatable bonds is 58. The van der Waals surface area contributed by atoms with Crippen LogP contribution in [-0.4, -0.2) is 37.2 Å². The van der Waals surface area contributed by atoms with Crippen LogP contribution in [0, 0.1) is 0 Å². The van der Waals surface area contributed by atoms with Gasteiger partial charge in [0.1, 0.15) is 13.2 Å². The normalized spacial score (nSPS) is 12.4. The Balaban J connectivity index is 4.27. The zero-order chi connectivity index (χ0) is 52.9. The van der Waals surface area contributed by atoms with Crippen LogP contribution >= 0.6 is 0 Å². The van der Waals surface area contributed by atoms with Crippen molar-refractivity contribution in [1.82, 2.24) is 0 Å². The Labute approximate surface area is 453 Å². The molecule has 6 heteroatoms. The van der Waals surface area contributed by atoms with E-state index in [9.17, 15) is 14.4 Å². The Kier molecular flexibility index (Phi) is 59.2. The Morgan fingerprint density at radius 1 is 0.288 bits per heavy atom. The average Bonchev–Trinajstić information content (AvgIpc) is 3.39. The van der Waals surface area contributed by atoms with Crippen LogP contribution in [0.1, 0.15) is 329 Å². The number of carbonyl (C=O) groups is 3. The zero-order valence-corrected chi connectivity index (χ0v) is 48.7. The molecule has 0 heterocycles. The average molecular weight is 1020 g/mol. The van der Waals surface area contributed by atoms with Gasteiger partial charge in [0.15, 0.2) is 6.10 Å². The van der Waals surface area contributed by atoms with Crippen LogP contribution < -0.4 is 0 Å². The van der Waals surface area contributed by atoms with Gasteiger partial charge in [-0.1, -0.05) is 287 Å². The third kappa shape index (κ3) is 59.9. The number of carbonyl (C=O) groups excluding carboxylic acids is 3. The van der Waals surface area contributed by atoms with Crippen molar-refractivity contribution in [1.29, 1.82) is 0 Å². The highest BCUT2D eigenvalue weighted by atomic mass is 16.6. The minimum atomic E-state index is -0.784. The van der Waals surface area contributed by atoms with E-state index < -0.39 is 6.10 Å². The fourth-order valence-electron chi connectivity index (χ4n) is 9.25. The second-order valence-corrected chi connectivity index (χ2v) is 21.3. The van der Waals surface area contributed by atoms with Gasteiger partial charge in [0, 0.05) is 19.3 Å². The molecule has 0 bridgehead atoms. The van der Waals surface area contributed by atoms with Gasteiger partial charge in [-0.05, 0) is 83.5 Å². The number of hydrogen-bond acceptors (Lipinski definition) is 6. The molecule has 1 atom stereocenters. The fraction of sp³-hybridized carbons (Fsp3) is 0.806. The first-order valence-corrected chi connectivity index (χ1v) is 31.8. The molecule has 0 aliphatic carbocycles. The third-order valence-electron chi connectivity index (χ3n) is 14.0. The van der Waals surface area contributed by atoms with Crippen LogP contribution in [0.25, 0.3) is 0 Å². The van der Waals surface area contributed by atoms with E-state index >= 15 is 0 Å². The van der Waals surface area contributed by atoms with E-state index in [1.165, 1.54) is 186 Å². The van der Waals surface area contributed by atoms with Crippen molar-refractivity contribution >= 4 is 17.9 Å². The van der Waals surface area contributed by atoms with E-state index in [4.69, 9.17) is 14.2 Å². The molecule has 424 valence electrons. The van der Waals surface area contributed by atoms with Gasteiger partial charge in [-0.3, -0.25) is 14.4 Å². The van der Waals surface area contributed by atoms with Gasteiger partial charge in [0.25, 0.3) is 0 Å². The van der Waals surface area contributed by atoms with Crippen LogP contribution in [0.4, 0.5) is 0 Å². The van der Waals surface area contributed by atoms with Crippen LogP contribution in [0.2, 0.25) is 0 Å². The van der Waals surface area contributed by atoms with Gasteiger partial charge in [-0.25, -0.2) is 0 Å². The van der Waals surface area contributed by atoms with E-state index in [1.807, 2.05) is 0 Å². The van der Waals surface area contributed by atoms with E-state index in [2.05, 4.69) is 81.5 Å². The lowest BCUT2D eigenvalue weighted by Crippen LogP contribution is -2.30. The molecule has 0 aromatic carbocycles. The molecule has 0 spiro atoms. The van der Waals surface area contributed by atoms with E-state index in [1.54, 1.807) is 0 Å². The molecule has 0 fully saturated rings. The predicted octanol–water partition coefficient (Wildman–Crippen LogP) is 21.6. The van der Waals surface area contributed by atoms with Crippen molar-refractivity contribution in [2.75, 3.05) is 13.2 Å². The summed E-state index contributed by atoms with van der Waals surface area (Å²) in [5.41, 5.74) is 0. The molecular weight excluding hydrogens is 901 g/mol. The summed E-state index contributed by atoms with van der Waals surface area (Å²) in [7, 11) is 0. The lowest BCUT2D eigenvalue weighted by atomic mass is 10.0. The standard InChI is InChI=1S/C67H120O6/c1-4-7-10-13-16-19-22-25-27-29-31-32-33-34-35-37-38-40-42-45-48-51-54-57-60-66(69)72-63-64(62-71-65(68)59-56-53-50-47-44-24-21-18-15-12-9-6-3)73-67(70)61-58-55-52-49-46-43-41-39-36-30-28-26-23-20-17-14-11-8-5-2/h8,11,17-18,20-21,26,28,36,39,64H,4-7,9-10,12-16,19,22-25,27,29-35,37-38,40-63H2,1-3H3/b11-8-,20-17-,21-18-,28-26-,39-36-. The van der Waals surface area contributed by atoms with Crippen molar-refractivity contribution in [3.8, 4) is 0 Å². The molecule has 0 amide bonds. The summed E-state index contributed by atoms with van der Waals surface area (Å²) in [6.45, 7) is 6.53. The van der Waals surface area contributed by atoms with E-state index in [0.717, 1.165) is 103 Å². The Morgan fingerprint density at radius 2 is 0.534 bits per heavy atom. The molecule has 0 aliphatic rings. The summed E-state index contributed by atoms with van der Waals surface area (Å²) in [6.07, 6.45) is 78.0. The molecule has 73 heavy (non-hydrogen) atoms. The molecule has 0 radical (unpaired) electrons. The Hall–Kier alpha value is -2.89. The minimum absolute atomic E-state index is 0.0798. The molecule has 0 aromatic heterocycles. The smallest absolute Gasteiger partial charge is 0.306 e. The summed E-state index contributed by atoms with van der Waals surface area (Å²) in [6, 6.07) is 0. The van der Waals surface area contributed by atoms with Crippen molar-refractivity contribution < 1.29 is 28.6 Å². The highest BCUT2D eigenvalue weighted by Gasteiger charge is 2.19. The summed E-state index contributed by atoms with van der Waals surface area (Å²) in [4.78, 5) is 38.2. The maximum Gasteiger partial charge on any atom is 0.306 e. The minimum Gasteiger partial charge on any atom is -0.462 e. The van der Waals surface area contributed by atoms with Crippen molar-refractivity contribution in [2.45, 2.75) is 335 Å². The van der Waals surface area contributed by atoms with Crippen molar-refractivity contribution in [3.05, 3.63) is 60.8 Å². The zero-order valence-electron chi connectivity index (χ0n) is 48.7. The molecule has 6 nitrogen and oxygen atoms in total. The molecule has 0 aromatic rings. The number of esters is 3. The first-order valence-electron chi connectivity index (χ1n) is 31.8. The summed E-state index contributed by atoms with van der Waals surface area (Å²) >= 11 is 0. The molecule has 0 aliphatic heterocycles. The number of unbranched alkanes of at least 4 members (excludes halogenated alkanes) is 37. The largest absolute Gasteiger partial charge is 0.462 e. The maximum absolute atomic E-state index is 12.9. The lowest BCUT2D eigenvalue weighted by molar-refractivity contribution is -0.167. The second-order valence-electron chi connectivity index (χ2n) is 21.3. The predicted molar refractivity (Wildman–Crippen MR) is 316 cm³/mol. The highest BCUT2D eigenvalue weighted by molar-refractivity contribution is 5.71. The maximum atomic E-state index is 12.9.